The lowest BCUT2D eigenvalue weighted by Crippen LogP contribution is -2.16. The molecule has 0 atom stereocenters. The average molecular weight is 304 g/mol. The Morgan fingerprint density at radius 1 is 1.38 bits per heavy atom. The maximum Gasteiger partial charge on any atom is 0.332 e. The van der Waals surface area contributed by atoms with Gasteiger partial charge >= 0.3 is 5.97 Å². The minimum Gasteiger partial charge on any atom is -0.457 e. The van der Waals surface area contributed by atoms with Crippen molar-refractivity contribution in [3.63, 3.8) is 0 Å². The van der Waals surface area contributed by atoms with Crippen LogP contribution in [0.15, 0.2) is 35.1 Å². The third-order valence-electron chi connectivity index (χ3n) is 2.89. The summed E-state index contributed by atoms with van der Waals surface area (Å²) in [5, 5.41) is 0. The summed E-state index contributed by atoms with van der Waals surface area (Å²) in [6, 6.07) is 8.98. The first-order chi connectivity index (χ1) is 10.2. The maximum absolute atomic E-state index is 12.2. The Hall–Kier alpha value is -2.25. The maximum atomic E-state index is 12.2. The van der Waals surface area contributed by atoms with E-state index in [0.717, 1.165) is 10.2 Å². The number of thiazole rings is 1. The quantitative estimate of drug-likeness (QED) is 0.685. The number of nitrogens with zero attached hydrogens (tertiary/aromatic N) is 2. The van der Waals surface area contributed by atoms with Crippen LogP contribution in [0.25, 0.3) is 15.2 Å². The number of ether oxygens (including phenoxy) is 2. The first-order valence-electron chi connectivity index (χ1n) is 6.24. The highest BCUT2D eigenvalue weighted by Crippen LogP contribution is 2.23. The molecule has 0 unspecified atom stereocenters. The monoisotopic (exact) mass is 304 g/mol. The van der Waals surface area contributed by atoms with E-state index in [9.17, 15) is 9.59 Å². The molecule has 3 aromatic rings. The molecule has 3 rings (SSSR count). The number of carbonyl (C=O) groups excluding carboxylic acids is 1. The number of methoxy groups -OCH3 is 1. The molecular formula is C14H12N2O4S. The van der Waals surface area contributed by atoms with Crippen molar-refractivity contribution in [1.82, 2.24) is 9.38 Å². The normalized spacial score (nSPS) is 11.1. The van der Waals surface area contributed by atoms with Crippen molar-refractivity contribution < 1.29 is 14.3 Å². The number of para-hydroxylation sites is 1. The molecule has 0 saturated heterocycles. The number of aromatic nitrogens is 2. The molecule has 1 aromatic carbocycles. The van der Waals surface area contributed by atoms with Crippen LogP contribution in [0.4, 0.5) is 0 Å². The van der Waals surface area contributed by atoms with Crippen molar-refractivity contribution in [2.45, 2.75) is 6.61 Å². The molecule has 0 amide bonds. The molecule has 2 aromatic heterocycles. The summed E-state index contributed by atoms with van der Waals surface area (Å²) in [4.78, 5) is 28.4. The summed E-state index contributed by atoms with van der Waals surface area (Å²) in [6.07, 6.45) is 0. The fourth-order valence-electron chi connectivity index (χ4n) is 2.01. The zero-order chi connectivity index (χ0) is 14.8. The predicted molar refractivity (Wildman–Crippen MR) is 78.5 cm³/mol. The standard InChI is InChI=1S/C14H12N2O4S/c1-19-8-13(18)20-7-9-6-12(17)16-10-4-2-3-5-11(10)21-14(16)15-9/h2-6H,7-8H2,1H3. The lowest BCUT2D eigenvalue weighted by molar-refractivity contribution is -0.149. The van der Waals surface area contributed by atoms with Crippen molar-refractivity contribution in [3.05, 3.63) is 46.4 Å². The number of benzene rings is 1. The van der Waals surface area contributed by atoms with Gasteiger partial charge in [-0.15, -0.1) is 0 Å². The molecule has 0 radical (unpaired) electrons. The minimum absolute atomic E-state index is 0.0395. The van der Waals surface area contributed by atoms with Gasteiger partial charge in [0.2, 0.25) is 0 Å². The third kappa shape index (κ3) is 2.65. The molecule has 0 saturated carbocycles. The molecule has 108 valence electrons. The second kappa shape index (κ2) is 5.63. The molecule has 0 spiro atoms. The van der Waals surface area contributed by atoms with Gasteiger partial charge in [0.05, 0.1) is 15.9 Å². The molecule has 0 fully saturated rings. The van der Waals surface area contributed by atoms with Crippen LogP contribution < -0.4 is 5.56 Å². The molecule has 0 bridgehead atoms. The number of hydrogen-bond donors (Lipinski definition) is 0. The van der Waals surface area contributed by atoms with Gasteiger partial charge in [-0.05, 0) is 12.1 Å². The molecule has 0 aliphatic carbocycles. The fourth-order valence-corrected chi connectivity index (χ4v) is 3.06. The van der Waals surface area contributed by atoms with Gasteiger partial charge in [0, 0.05) is 13.2 Å². The van der Waals surface area contributed by atoms with Crippen LogP contribution in [0.2, 0.25) is 0 Å². The smallest absolute Gasteiger partial charge is 0.332 e. The predicted octanol–water partition coefficient (Wildman–Crippen LogP) is 1.60. The second-order valence-corrected chi connectivity index (χ2v) is 5.38. The van der Waals surface area contributed by atoms with Gasteiger partial charge in [-0.2, -0.15) is 0 Å². The van der Waals surface area contributed by atoms with Crippen LogP contribution in [0.5, 0.6) is 0 Å². The van der Waals surface area contributed by atoms with Crippen LogP contribution >= 0.6 is 11.3 Å². The van der Waals surface area contributed by atoms with Crippen molar-refractivity contribution in [3.8, 4) is 0 Å². The summed E-state index contributed by atoms with van der Waals surface area (Å²) < 4.78 is 12.2. The van der Waals surface area contributed by atoms with E-state index >= 15 is 0 Å². The summed E-state index contributed by atoms with van der Waals surface area (Å²) >= 11 is 1.42. The Balaban J connectivity index is 1.98. The average Bonchev–Trinajstić information content (AvgIpc) is 2.84. The van der Waals surface area contributed by atoms with E-state index in [1.54, 1.807) is 4.40 Å². The Morgan fingerprint density at radius 3 is 3.00 bits per heavy atom. The van der Waals surface area contributed by atoms with Crippen LogP contribution in [0, 0.1) is 0 Å². The van der Waals surface area contributed by atoms with E-state index in [1.165, 1.54) is 24.5 Å². The first-order valence-corrected chi connectivity index (χ1v) is 7.05. The van der Waals surface area contributed by atoms with Crippen LogP contribution in [0.1, 0.15) is 5.69 Å². The highest BCUT2D eigenvalue weighted by molar-refractivity contribution is 7.23. The summed E-state index contributed by atoms with van der Waals surface area (Å²) in [5.41, 5.74) is 1.07. The van der Waals surface area contributed by atoms with Crippen molar-refractivity contribution in [1.29, 1.82) is 0 Å². The van der Waals surface area contributed by atoms with Crippen LogP contribution in [-0.4, -0.2) is 29.1 Å². The number of rotatable bonds is 4. The Kier molecular flexibility index (Phi) is 3.68. The first kappa shape index (κ1) is 13.7. The fraction of sp³-hybridized carbons (Fsp3) is 0.214. The minimum atomic E-state index is -0.490. The molecule has 0 aliphatic rings. The van der Waals surface area contributed by atoms with E-state index in [2.05, 4.69) is 9.72 Å². The van der Waals surface area contributed by atoms with Gasteiger partial charge in [0.25, 0.3) is 5.56 Å². The number of fused-ring (bicyclic) bond motifs is 3. The lowest BCUT2D eigenvalue weighted by atomic mass is 10.3. The van der Waals surface area contributed by atoms with Crippen LogP contribution in [-0.2, 0) is 20.9 Å². The highest BCUT2D eigenvalue weighted by atomic mass is 32.1. The molecule has 6 nitrogen and oxygen atoms in total. The van der Waals surface area contributed by atoms with Gasteiger partial charge < -0.3 is 9.47 Å². The summed E-state index contributed by atoms with van der Waals surface area (Å²) in [5.74, 6) is -0.490. The van der Waals surface area contributed by atoms with Crippen molar-refractivity contribution >= 4 is 32.5 Å². The molecule has 21 heavy (non-hydrogen) atoms. The topological polar surface area (TPSA) is 69.9 Å². The largest absolute Gasteiger partial charge is 0.457 e. The van der Waals surface area contributed by atoms with E-state index in [1.807, 2.05) is 24.3 Å². The SMILES string of the molecule is COCC(=O)OCc1cc(=O)n2c(n1)sc1ccccc12. The van der Waals surface area contributed by atoms with E-state index in [4.69, 9.17) is 4.74 Å². The highest BCUT2D eigenvalue weighted by Gasteiger charge is 2.10. The third-order valence-corrected chi connectivity index (χ3v) is 3.91. The molecular weight excluding hydrogens is 292 g/mol. The second-order valence-electron chi connectivity index (χ2n) is 4.37. The zero-order valence-electron chi connectivity index (χ0n) is 11.2. The molecule has 0 aliphatic heterocycles. The molecule has 2 heterocycles. The van der Waals surface area contributed by atoms with E-state index in [-0.39, 0.29) is 18.8 Å². The van der Waals surface area contributed by atoms with Crippen molar-refractivity contribution in [2.24, 2.45) is 0 Å². The Bertz CT molecular complexity index is 868. The number of carbonyl (C=O) groups is 1. The van der Waals surface area contributed by atoms with E-state index in [0.29, 0.717) is 10.7 Å². The molecule has 7 heteroatoms. The zero-order valence-corrected chi connectivity index (χ0v) is 12.1. The lowest BCUT2D eigenvalue weighted by Gasteiger charge is -2.03. The number of esters is 1. The van der Waals surface area contributed by atoms with Crippen LogP contribution in [0.3, 0.4) is 0 Å². The van der Waals surface area contributed by atoms with Gasteiger partial charge in [-0.3, -0.25) is 9.20 Å². The number of hydrogen-bond acceptors (Lipinski definition) is 6. The summed E-state index contributed by atoms with van der Waals surface area (Å²) in [6.45, 7) is -0.160. The van der Waals surface area contributed by atoms with Gasteiger partial charge in [-0.1, -0.05) is 23.5 Å². The summed E-state index contributed by atoms with van der Waals surface area (Å²) in [7, 11) is 1.41. The molecule has 0 N–H and O–H groups in total. The van der Waals surface area contributed by atoms with Crippen molar-refractivity contribution in [2.75, 3.05) is 13.7 Å². The Labute approximate surface area is 123 Å². The van der Waals surface area contributed by atoms with Gasteiger partial charge in [-0.25, -0.2) is 9.78 Å². The Morgan fingerprint density at radius 2 is 2.19 bits per heavy atom. The van der Waals surface area contributed by atoms with Gasteiger partial charge in [0.15, 0.2) is 4.96 Å². The van der Waals surface area contributed by atoms with E-state index < -0.39 is 5.97 Å². The van der Waals surface area contributed by atoms with Gasteiger partial charge in [0.1, 0.15) is 13.2 Å².